The van der Waals surface area contributed by atoms with Gasteiger partial charge in [0.2, 0.25) is 0 Å². The summed E-state index contributed by atoms with van der Waals surface area (Å²) < 4.78 is 1.93. The van der Waals surface area contributed by atoms with Gasteiger partial charge < -0.3 is 9.67 Å². The lowest BCUT2D eigenvalue weighted by Crippen LogP contribution is -2.26. The normalized spacial score (nSPS) is 14.6. The van der Waals surface area contributed by atoms with Gasteiger partial charge in [0.15, 0.2) is 0 Å². The van der Waals surface area contributed by atoms with Crippen LogP contribution < -0.4 is 0 Å². The fourth-order valence-electron chi connectivity index (χ4n) is 1.96. The molecule has 0 saturated heterocycles. The Hall–Kier alpha value is -1.61. The molecule has 2 rings (SSSR count). The number of hydrogen-bond donors (Lipinski definition) is 1. The van der Waals surface area contributed by atoms with E-state index in [0.29, 0.717) is 6.42 Å². The van der Waals surface area contributed by atoms with Crippen molar-refractivity contribution in [3.05, 3.63) is 53.6 Å². The first kappa shape index (κ1) is 11.9. The van der Waals surface area contributed by atoms with Gasteiger partial charge in [-0.2, -0.15) is 0 Å². The lowest BCUT2D eigenvalue weighted by Gasteiger charge is -2.24. The minimum absolute atomic E-state index is 0.514. The predicted octanol–water partition coefficient (Wildman–Crippen LogP) is 2.18. The van der Waals surface area contributed by atoms with Crippen LogP contribution in [0.4, 0.5) is 0 Å². The highest BCUT2D eigenvalue weighted by Gasteiger charge is 2.25. The van der Waals surface area contributed by atoms with Crippen LogP contribution in [0.25, 0.3) is 0 Å². The topological polar surface area (TPSA) is 38.1 Å². The van der Waals surface area contributed by atoms with E-state index < -0.39 is 5.60 Å². The summed E-state index contributed by atoms with van der Waals surface area (Å²) in [6, 6.07) is 7.97. The molecule has 0 radical (unpaired) electrons. The average Bonchev–Trinajstić information content (AvgIpc) is 2.64. The fourth-order valence-corrected chi connectivity index (χ4v) is 1.96. The van der Waals surface area contributed by atoms with Gasteiger partial charge in [0.25, 0.3) is 0 Å². The van der Waals surface area contributed by atoms with Crippen molar-refractivity contribution in [3.8, 4) is 0 Å². The summed E-state index contributed by atoms with van der Waals surface area (Å²) in [5.74, 6) is 0.886. The molecule has 1 heterocycles. The van der Waals surface area contributed by atoms with E-state index in [1.165, 1.54) is 0 Å². The highest BCUT2D eigenvalue weighted by molar-refractivity contribution is 5.27. The number of aliphatic hydroxyl groups is 1. The third-order valence-electron chi connectivity index (χ3n) is 3.06. The summed E-state index contributed by atoms with van der Waals surface area (Å²) >= 11 is 0. The highest BCUT2D eigenvalue weighted by Crippen LogP contribution is 2.25. The maximum Gasteiger partial charge on any atom is 0.111 e. The molecule has 90 valence electrons. The summed E-state index contributed by atoms with van der Waals surface area (Å²) in [4.78, 5) is 4.25. The third-order valence-corrected chi connectivity index (χ3v) is 3.06. The molecule has 0 spiro atoms. The molecule has 3 nitrogen and oxygen atoms in total. The largest absolute Gasteiger partial charge is 0.385 e. The second-order valence-corrected chi connectivity index (χ2v) is 4.77. The van der Waals surface area contributed by atoms with Crippen molar-refractivity contribution in [2.45, 2.75) is 25.9 Å². The first-order chi connectivity index (χ1) is 7.99. The SMILES string of the molecule is Cc1cccc(C(C)(O)Cc2nccn2C)c1. The van der Waals surface area contributed by atoms with Crippen LogP contribution in [-0.4, -0.2) is 14.7 Å². The lowest BCUT2D eigenvalue weighted by molar-refractivity contribution is 0.0547. The number of imidazole rings is 1. The fraction of sp³-hybridized carbons (Fsp3) is 0.357. The number of nitrogens with zero attached hydrogens (tertiary/aromatic N) is 2. The summed E-state index contributed by atoms with van der Waals surface area (Å²) in [6.45, 7) is 3.86. The van der Waals surface area contributed by atoms with Gasteiger partial charge in [-0.1, -0.05) is 29.8 Å². The Labute approximate surface area is 102 Å². The van der Waals surface area contributed by atoms with Crippen LogP contribution in [-0.2, 0) is 19.1 Å². The Morgan fingerprint density at radius 1 is 1.41 bits per heavy atom. The number of aryl methyl sites for hydroxylation is 2. The zero-order valence-electron chi connectivity index (χ0n) is 10.5. The van der Waals surface area contributed by atoms with Gasteiger partial charge >= 0.3 is 0 Å². The van der Waals surface area contributed by atoms with Crippen LogP contribution in [0.3, 0.4) is 0 Å². The van der Waals surface area contributed by atoms with Crippen molar-refractivity contribution in [1.82, 2.24) is 9.55 Å². The van der Waals surface area contributed by atoms with E-state index in [4.69, 9.17) is 0 Å². The lowest BCUT2D eigenvalue weighted by atomic mass is 9.91. The second-order valence-electron chi connectivity index (χ2n) is 4.77. The molecule has 3 heteroatoms. The number of hydrogen-bond acceptors (Lipinski definition) is 2. The molecule has 0 saturated carbocycles. The van der Waals surface area contributed by atoms with Gasteiger partial charge in [-0.05, 0) is 19.4 Å². The average molecular weight is 230 g/mol. The van der Waals surface area contributed by atoms with Crippen molar-refractivity contribution in [1.29, 1.82) is 0 Å². The van der Waals surface area contributed by atoms with E-state index >= 15 is 0 Å². The molecule has 1 aromatic heterocycles. The predicted molar refractivity (Wildman–Crippen MR) is 67.7 cm³/mol. The minimum atomic E-state index is -0.884. The van der Waals surface area contributed by atoms with Crippen molar-refractivity contribution in [2.24, 2.45) is 7.05 Å². The van der Waals surface area contributed by atoms with Crippen LogP contribution in [0.15, 0.2) is 36.7 Å². The minimum Gasteiger partial charge on any atom is -0.385 e. The number of aromatic nitrogens is 2. The van der Waals surface area contributed by atoms with E-state index in [1.807, 2.05) is 55.9 Å². The van der Waals surface area contributed by atoms with E-state index in [0.717, 1.165) is 17.0 Å². The molecule has 0 aliphatic heterocycles. The maximum absolute atomic E-state index is 10.6. The maximum atomic E-state index is 10.6. The molecular formula is C14H18N2O. The van der Waals surface area contributed by atoms with Crippen LogP contribution >= 0.6 is 0 Å². The Balaban J connectivity index is 2.27. The first-order valence-electron chi connectivity index (χ1n) is 5.75. The zero-order valence-corrected chi connectivity index (χ0v) is 10.5. The van der Waals surface area contributed by atoms with Crippen LogP contribution in [0.1, 0.15) is 23.9 Å². The van der Waals surface area contributed by atoms with E-state index in [9.17, 15) is 5.11 Å². The molecule has 0 aliphatic carbocycles. The molecule has 0 fully saturated rings. The molecule has 1 unspecified atom stereocenters. The smallest absolute Gasteiger partial charge is 0.111 e. The molecule has 0 bridgehead atoms. The number of benzene rings is 1. The Kier molecular flexibility index (Phi) is 3.03. The second kappa shape index (κ2) is 4.34. The molecule has 2 aromatic rings. The van der Waals surface area contributed by atoms with Gasteiger partial charge in [0.05, 0.1) is 5.60 Å². The molecular weight excluding hydrogens is 212 g/mol. The highest BCUT2D eigenvalue weighted by atomic mass is 16.3. The monoisotopic (exact) mass is 230 g/mol. The third kappa shape index (κ3) is 2.56. The van der Waals surface area contributed by atoms with Gasteiger partial charge in [0.1, 0.15) is 5.82 Å². The summed E-state index contributed by atoms with van der Waals surface area (Å²) in [5, 5.41) is 10.6. The van der Waals surface area contributed by atoms with Crippen molar-refractivity contribution >= 4 is 0 Å². The van der Waals surface area contributed by atoms with Gasteiger partial charge in [-0.3, -0.25) is 0 Å². The number of rotatable bonds is 3. The summed E-state index contributed by atoms with van der Waals surface area (Å²) in [7, 11) is 1.94. The van der Waals surface area contributed by atoms with Crippen LogP contribution in [0.2, 0.25) is 0 Å². The zero-order chi connectivity index (χ0) is 12.5. The van der Waals surface area contributed by atoms with Crippen molar-refractivity contribution in [3.63, 3.8) is 0 Å². The van der Waals surface area contributed by atoms with E-state index in [1.54, 1.807) is 6.20 Å². The van der Waals surface area contributed by atoms with E-state index in [2.05, 4.69) is 4.98 Å². The Morgan fingerprint density at radius 3 is 2.76 bits per heavy atom. The molecule has 1 N–H and O–H groups in total. The molecule has 0 aliphatic rings. The van der Waals surface area contributed by atoms with Crippen molar-refractivity contribution in [2.75, 3.05) is 0 Å². The van der Waals surface area contributed by atoms with E-state index in [-0.39, 0.29) is 0 Å². The van der Waals surface area contributed by atoms with Gasteiger partial charge in [-0.15, -0.1) is 0 Å². The molecule has 1 atom stereocenters. The Bertz CT molecular complexity index is 514. The standard InChI is InChI=1S/C14H18N2O/c1-11-5-4-6-12(9-11)14(2,17)10-13-15-7-8-16(13)3/h4-9,17H,10H2,1-3H3. The molecule has 0 amide bonds. The first-order valence-corrected chi connectivity index (χ1v) is 5.75. The summed E-state index contributed by atoms with van der Waals surface area (Å²) in [6.07, 6.45) is 4.16. The Morgan fingerprint density at radius 2 is 2.18 bits per heavy atom. The van der Waals surface area contributed by atoms with Crippen molar-refractivity contribution < 1.29 is 5.11 Å². The molecule has 17 heavy (non-hydrogen) atoms. The summed E-state index contributed by atoms with van der Waals surface area (Å²) in [5.41, 5.74) is 1.20. The molecule has 1 aromatic carbocycles. The quantitative estimate of drug-likeness (QED) is 0.877. The van der Waals surface area contributed by atoms with Crippen LogP contribution in [0.5, 0.6) is 0 Å². The van der Waals surface area contributed by atoms with Crippen LogP contribution in [0, 0.1) is 6.92 Å². The van der Waals surface area contributed by atoms with Gasteiger partial charge in [-0.25, -0.2) is 4.98 Å². The van der Waals surface area contributed by atoms with Gasteiger partial charge in [0, 0.05) is 25.9 Å².